The number of aromatic nitrogens is 2. The second-order valence-corrected chi connectivity index (χ2v) is 7.78. The molecule has 1 aromatic carbocycles. The van der Waals surface area contributed by atoms with E-state index in [-0.39, 0.29) is 12.5 Å². The van der Waals surface area contributed by atoms with Crippen LogP contribution in [0.1, 0.15) is 48.3 Å². The predicted molar refractivity (Wildman–Crippen MR) is 106 cm³/mol. The number of carbonyl (C=O) groups excluding carboxylic acids is 1. The van der Waals surface area contributed by atoms with Gasteiger partial charge in [0, 0.05) is 44.1 Å². The van der Waals surface area contributed by atoms with Gasteiger partial charge in [-0.05, 0) is 31.7 Å². The van der Waals surface area contributed by atoms with E-state index in [0.717, 1.165) is 51.1 Å². The number of ether oxygens (including phenoxy) is 2. The third kappa shape index (κ3) is 4.28. The van der Waals surface area contributed by atoms with E-state index in [9.17, 15) is 4.79 Å². The Morgan fingerprint density at radius 1 is 1.21 bits per heavy atom. The van der Waals surface area contributed by atoms with Crippen LogP contribution in [0.3, 0.4) is 0 Å². The van der Waals surface area contributed by atoms with Gasteiger partial charge in [-0.25, -0.2) is 4.98 Å². The summed E-state index contributed by atoms with van der Waals surface area (Å²) >= 11 is 0. The van der Waals surface area contributed by atoms with Gasteiger partial charge in [-0.3, -0.25) is 4.79 Å². The van der Waals surface area contributed by atoms with Gasteiger partial charge in [-0.2, -0.15) is 0 Å². The van der Waals surface area contributed by atoms with Crippen LogP contribution >= 0.6 is 0 Å². The zero-order valence-electron chi connectivity index (χ0n) is 16.5. The van der Waals surface area contributed by atoms with Crippen LogP contribution in [-0.2, 0) is 20.9 Å². The molecule has 0 radical (unpaired) electrons. The van der Waals surface area contributed by atoms with E-state index in [1.807, 2.05) is 41.4 Å². The smallest absolute Gasteiger partial charge is 0.248 e. The Bertz CT molecular complexity index is 784. The highest BCUT2D eigenvalue weighted by molar-refractivity contribution is 5.77. The SMILES string of the molecule is Cc1cnc(C2CCOCC2)n1C1CCN(C(=O)COCc2ccccc2)C1. The summed E-state index contributed by atoms with van der Waals surface area (Å²) in [6, 6.07) is 10.3. The molecule has 0 bridgehead atoms. The number of benzene rings is 1. The summed E-state index contributed by atoms with van der Waals surface area (Å²) in [7, 11) is 0. The number of likely N-dealkylation sites (tertiary alicyclic amines) is 1. The van der Waals surface area contributed by atoms with Crippen molar-refractivity contribution in [1.29, 1.82) is 0 Å². The maximum atomic E-state index is 12.6. The van der Waals surface area contributed by atoms with E-state index < -0.39 is 0 Å². The Kier molecular flexibility index (Phi) is 6.07. The predicted octanol–water partition coefficient (Wildman–Crippen LogP) is 3.08. The van der Waals surface area contributed by atoms with Gasteiger partial charge >= 0.3 is 0 Å². The maximum absolute atomic E-state index is 12.6. The monoisotopic (exact) mass is 383 g/mol. The Balaban J connectivity index is 1.34. The quantitative estimate of drug-likeness (QED) is 0.769. The highest BCUT2D eigenvalue weighted by atomic mass is 16.5. The second kappa shape index (κ2) is 8.88. The van der Waals surface area contributed by atoms with Gasteiger partial charge in [-0.1, -0.05) is 30.3 Å². The van der Waals surface area contributed by atoms with Gasteiger partial charge in [0.05, 0.1) is 12.6 Å². The molecule has 2 aliphatic rings. The molecule has 2 saturated heterocycles. The summed E-state index contributed by atoms with van der Waals surface area (Å²) in [6.07, 6.45) is 4.99. The normalized spacial score (nSPS) is 20.6. The molecule has 4 rings (SSSR count). The topological polar surface area (TPSA) is 56.6 Å². The molecule has 2 aromatic rings. The molecule has 1 atom stereocenters. The van der Waals surface area contributed by atoms with Crippen molar-refractivity contribution in [3.63, 3.8) is 0 Å². The van der Waals surface area contributed by atoms with E-state index >= 15 is 0 Å². The molecule has 0 N–H and O–H groups in total. The molecule has 2 aliphatic heterocycles. The molecule has 150 valence electrons. The largest absolute Gasteiger partial charge is 0.381 e. The molecule has 6 nitrogen and oxygen atoms in total. The minimum absolute atomic E-state index is 0.0730. The fourth-order valence-corrected chi connectivity index (χ4v) is 4.30. The number of nitrogens with zero attached hydrogens (tertiary/aromatic N) is 3. The summed E-state index contributed by atoms with van der Waals surface area (Å²) in [5.41, 5.74) is 2.27. The van der Waals surface area contributed by atoms with Gasteiger partial charge in [-0.15, -0.1) is 0 Å². The van der Waals surface area contributed by atoms with Crippen LogP contribution in [0, 0.1) is 6.92 Å². The van der Waals surface area contributed by atoms with E-state index in [0.29, 0.717) is 18.6 Å². The summed E-state index contributed by atoms with van der Waals surface area (Å²) in [5.74, 6) is 1.70. The van der Waals surface area contributed by atoms with Crippen molar-refractivity contribution in [3.8, 4) is 0 Å². The van der Waals surface area contributed by atoms with Crippen LogP contribution in [0.25, 0.3) is 0 Å². The molecular formula is C22H29N3O3. The van der Waals surface area contributed by atoms with Crippen LogP contribution in [0.2, 0.25) is 0 Å². The first-order chi connectivity index (χ1) is 13.7. The van der Waals surface area contributed by atoms with Crippen LogP contribution in [0.5, 0.6) is 0 Å². The first-order valence-electron chi connectivity index (χ1n) is 10.2. The maximum Gasteiger partial charge on any atom is 0.248 e. The van der Waals surface area contributed by atoms with Gasteiger partial charge in [0.1, 0.15) is 12.4 Å². The van der Waals surface area contributed by atoms with Crippen LogP contribution < -0.4 is 0 Å². The fourth-order valence-electron chi connectivity index (χ4n) is 4.30. The molecule has 1 unspecified atom stereocenters. The highest BCUT2D eigenvalue weighted by Gasteiger charge is 2.31. The average Bonchev–Trinajstić information content (AvgIpc) is 3.36. The molecule has 28 heavy (non-hydrogen) atoms. The first kappa shape index (κ1) is 19.2. The van der Waals surface area contributed by atoms with Gasteiger partial charge in [0.2, 0.25) is 5.91 Å². The van der Waals surface area contributed by atoms with Crippen LogP contribution in [-0.4, -0.2) is 53.3 Å². The Hall–Kier alpha value is -2.18. The fraction of sp³-hybridized carbons (Fsp3) is 0.545. The van der Waals surface area contributed by atoms with Crippen molar-refractivity contribution >= 4 is 5.91 Å². The number of hydrogen-bond acceptors (Lipinski definition) is 4. The lowest BCUT2D eigenvalue weighted by Gasteiger charge is -2.26. The van der Waals surface area contributed by atoms with Crippen molar-refractivity contribution in [2.24, 2.45) is 0 Å². The lowest BCUT2D eigenvalue weighted by Crippen LogP contribution is -2.32. The summed E-state index contributed by atoms with van der Waals surface area (Å²) < 4.78 is 13.5. The van der Waals surface area contributed by atoms with Crippen molar-refractivity contribution in [2.45, 2.75) is 44.8 Å². The van der Waals surface area contributed by atoms with Gasteiger partial charge in [0.25, 0.3) is 0 Å². The minimum Gasteiger partial charge on any atom is -0.381 e. The molecule has 1 aromatic heterocycles. The molecule has 0 saturated carbocycles. The highest BCUT2D eigenvalue weighted by Crippen LogP contribution is 2.32. The Morgan fingerprint density at radius 2 is 2.00 bits per heavy atom. The van der Waals surface area contributed by atoms with Gasteiger partial charge < -0.3 is 18.9 Å². The Labute approximate surface area is 166 Å². The number of rotatable bonds is 6. The van der Waals surface area contributed by atoms with Crippen molar-refractivity contribution in [2.75, 3.05) is 32.9 Å². The first-order valence-corrected chi connectivity index (χ1v) is 10.2. The molecule has 1 amide bonds. The van der Waals surface area contributed by atoms with Gasteiger partial charge in [0.15, 0.2) is 0 Å². The van der Waals surface area contributed by atoms with Crippen molar-refractivity contribution < 1.29 is 14.3 Å². The Morgan fingerprint density at radius 3 is 2.79 bits per heavy atom. The van der Waals surface area contributed by atoms with Crippen molar-refractivity contribution in [1.82, 2.24) is 14.5 Å². The van der Waals surface area contributed by atoms with Crippen LogP contribution in [0.4, 0.5) is 0 Å². The molecule has 3 heterocycles. The molecular weight excluding hydrogens is 354 g/mol. The molecule has 0 aliphatic carbocycles. The van der Waals surface area contributed by atoms with E-state index in [1.165, 1.54) is 11.5 Å². The lowest BCUT2D eigenvalue weighted by molar-refractivity contribution is -0.135. The summed E-state index contributed by atoms with van der Waals surface area (Å²) in [5, 5.41) is 0. The molecule has 6 heteroatoms. The zero-order valence-corrected chi connectivity index (χ0v) is 16.5. The van der Waals surface area contributed by atoms with E-state index in [4.69, 9.17) is 14.5 Å². The zero-order chi connectivity index (χ0) is 19.3. The average molecular weight is 383 g/mol. The summed E-state index contributed by atoms with van der Waals surface area (Å²) in [6.45, 7) is 5.86. The minimum atomic E-state index is 0.0730. The lowest BCUT2D eigenvalue weighted by atomic mass is 9.99. The van der Waals surface area contributed by atoms with Crippen molar-refractivity contribution in [3.05, 3.63) is 53.6 Å². The molecule has 2 fully saturated rings. The number of carbonyl (C=O) groups is 1. The third-order valence-electron chi connectivity index (χ3n) is 5.82. The standard InChI is InChI=1S/C22H29N3O3/c1-17-13-23-22(19-8-11-27-12-9-19)25(17)20-7-10-24(14-20)21(26)16-28-15-18-5-3-2-4-6-18/h2-6,13,19-20H,7-12,14-16H2,1H3. The van der Waals surface area contributed by atoms with E-state index in [1.54, 1.807) is 0 Å². The van der Waals surface area contributed by atoms with Crippen LogP contribution in [0.15, 0.2) is 36.5 Å². The second-order valence-electron chi connectivity index (χ2n) is 7.78. The molecule has 0 spiro atoms. The third-order valence-corrected chi connectivity index (χ3v) is 5.82. The number of amides is 1. The summed E-state index contributed by atoms with van der Waals surface area (Å²) in [4.78, 5) is 19.2. The number of hydrogen-bond donors (Lipinski definition) is 0. The number of imidazole rings is 1. The number of aryl methyl sites for hydroxylation is 1. The van der Waals surface area contributed by atoms with E-state index in [2.05, 4.69) is 11.5 Å².